The third kappa shape index (κ3) is 4.29. The molecule has 0 aliphatic heterocycles. The van der Waals surface area contributed by atoms with Crippen LogP contribution >= 0.6 is 0 Å². The first-order valence-electron chi connectivity index (χ1n) is 5.99. The van der Waals surface area contributed by atoms with Crippen LogP contribution in [0.15, 0.2) is 30.3 Å². The Bertz CT molecular complexity index is 333. The van der Waals surface area contributed by atoms with E-state index in [2.05, 4.69) is 5.32 Å². The highest BCUT2D eigenvalue weighted by Crippen LogP contribution is 2.06. The summed E-state index contributed by atoms with van der Waals surface area (Å²) in [5.41, 5.74) is 1.17. The van der Waals surface area contributed by atoms with Gasteiger partial charge in [0.05, 0.1) is 12.1 Å². The smallest absolute Gasteiger partial charge is 0.149 e. The molecule has 0 saturated carbocycles. The van der Waals surface area contributed by atoms with Gasteiger partial charge in [-0.3, -0.25) is 4.79 Å². The van der Waals surface area contributed by atoms with Gasteiger partial charge in [-0.2, -0.15) is 0 Å². The number of rotatable bonds is 7. The molecule has 1 aromatic carbocycles. The number of Topliss-reactive ketones (excluding diaryl/α,β-unsaturated/α-hetero) is 1. The summed E-state index contributed by atoms with van der Waals surface area (Å²) < 4.78 is 5.33. The first kappa shape index (κ1) is 13.9. The first-order valence-corrected chi connectivity index (χ1v) is 5.99. The third-order valence-corrected chi connectivity index (χ3v) is 2.88. The van der Waals surface area contributed by atoms with E-state index in [1.54, 1.807) is 14.0 Å². The van der Waals surface area contributed by atoms with Crippen molar-refractivity contribution in [2.24, 2.45) is 0 Å². The highest BCUT2D eigenvalue weighted by Gasteiger charge is 2.23. The van der Waals surface area contributed by atoms with Crippen molar-refractivity contribution < 1.29 is 9.53 Å². The molecule has 3 heteroatoms. The molecule has 94 valence electrons. The normalized spacial score (nSPS) is 14.3. The number of hydrogen-bond acceptors (Lipinski definition) is 3. The van der Waals surface area contributed by atoms with Crippen molar-refractivity contribution >= 4 is 5.78 Å². The maximum absolute atomic E-state index is 11.6. The Labute approximate surface area is 103 Å². The van der Waals surface area contributed by atoms with Crippen molar-refractivity contribution in [1.82, 2.24) is 5.32 Å². The third-order valence-electron chi connectivity index (χ3n) is 2.88. The average molecular weight is 235 g/mol. The van der Waals surface area contributed by atoms with Crippen LogP contribution in [-0.2, 0) is 16.1 Å². The molecule has 0 fully saturated rings. The molecule has 0 bridgehead atoms. The second-order valence-corrected chi connectivity index (χ2v) is 4.14. The van der Waals surface area contributed by atoms with Crippen LogP contribution in [0.2, 0.25) is 0 Å². The summed E-state index contributed by atoms with van der Waals surface area (Å²) in [6.45, 7) is 4.31. The fraction of sp³-hybridized carbons (Fsp3) is 0.500. The van der Waals surface area contributed by atoms with Crippen LogP contribution in [0, 0.1) is 0 Å². The van der Waals surface area contributed by atoms with E-state index in [1.165, 1.54) is 5.56 Å². The van der Waals surface area contributed by atoms with Crippen molar-refractivity contribution in [3.8, 4) is 0 Å². The lowest BCUT2D eigenvalue weighted by Gasteiger charge is -2.24. The maximum atomic E-state index is 11.6. The number of hydrogen-bond donors (Lipinski definition) is 1. The summed E-state index contributed by atoms with van der Waals surface area (Å²) in [4.78, 5) is 11.6. The van der Waals surface area contributed by atoms with E-state index in [9.17, 15) is 4.79 Å². The lowest BCUT2D eigenvalue weighted by atomic mass is 10.0. The van der Waals surface area contributed by atoms with E-state index < -0.39 is 0 Å². The summed E-state index contributed by atoms with van der Waals surface area (Å²) in [6, 6.07) is 9.82. The molecule has 2 atom stereocenters. The molecule has 1 rings (SSSR count). The zero-order chi connectivity index (χ0) is 12.7. The summed E-state index contributed by atoms with van der Waals surface area (Å²) in [7, 11) is 1.65. The first-order chi connectivity index (χ1) is 8.19. The molecule has 0 amide bonds. The Morgan fingerprint density at radius 2 is 2.00 bits per heavy atom. The van der Waals surface area contributed by atoms with Crippen LogP contribution in [0.25, 0.3) is 0 Å². The van der Waals surface area contributed by atoms with Crippen LogP contribution in [-0.4, -0.2) is 25.0 Å². The molecule has 0 spiro atoms. The summed E-state index contributed by atoms with van der Waals surface area (Å²) >= 11 is 0. The van der Waals surface area contributed by atoms with Crippen molar-refractivity contribution in [3.05, 3.63) is 35.9 Å². The lowest BCUT2D eigenvalue weighted by Crippen LogP contribution is -2.45. The van der Waals surface area contributed by atoms with Gasteiger partial charge in [0.2, 0.25) is 0 Å². The highest BCUT2D eigenvalue weighted by atomic mass is 16.5. The number of ether oxygens (including phenoxy) is 1. The lowest BCUT2D eigenvalue weighted by molar-refractivity contribution is -0.122. The molecule has 3 nitrogen and oxygen atoms in total. The molecule has 0 aromatic heterocycles. The zero-order valence-corrected chi connectivity index (χ0v) is 10.8. The van der Waals surface area contributed by atoms with Gasteiger partial charge in [0.25, 0.3) is 0 Å². The fourth-order valence-corrected chi connectivity index (χ4v) is 1.90. The monoisotopic (exact) mass is 235 g/mol. The van der Waals surface area contributed by atoms with Gasteiger partial charge in [0, 0.05) is 13.7 Å². The van der Waals surface area contributed by atoms with E-state index in [0.29, 0.717) is 6.54 Å². The van der Waals surface area contributed by atoms with Crippen molar-refractivity contribution in [3.63, 3.8) is 0 Å². The second kappa shape index (κ2) is 7.20. The molecule has 0 heterocycles. The molecular formula is C14H21NO2. The SMILES string of the molecule is CC[C@H](OC)[C@H](NCc1ccccc1)C(C)=O. The minimum absolute atomic E-state index is 0.0591. The van der Waals surface area contributed by atoms with E-state index in [1.807, 2.05) is 37.3 Å². The van der Waals surface area contributed by atoms with Crippen molar-refractivity contribution in [2.45, 2.75) is 39.0 Å². The van der Waals surface area contributed by atoms with E-state index in [4.69, 9.17) is 4.74 Å². The molecule has 17 heavy (non-hydrogen) atoms. The summed E-state index contributed by atoms with van der Waals surface area (Å²) in [5, 5.41) is 3.26. The number of carbonyl (C=O) groups is 1. The van der Waals surface area contributed by atoms with Crippen molar-refractivity contribution in [2.75, 3.05) is 7.11 Å². The fourth-order valence-electron chi connectivity index (χ4n) is 1.90. The number of ketones is 1. The van der Waals surface area contributed by atoms with E-state index in [-0.39, 0.29) is 17.9 Å². The Balaban J connectivity index is 2.59. The summed E-state index contributed by atoms with van der Waals surface area (Å²) in [5.74, 6) is 0.120. The quantitative estimate of drug-likeness (QED) is 0.787. The van der Waals surface area contributed by atoms with E-state index in [0.717, 1.165) is 6.42 Å². The standard InChI is InChI=1S/C14H21NO2/c1-4-13(17-3)14(11(2)16)15-10-12-8-6-5-7-9-12/h5-9,13-15H,4,10H2,1-3H3/t13-,14+/m0/s1. The largest absolute Gasteiger partial charge is 0.379 e. The second-order valence-electron chi connectivity index (χ2n) is 4.14. The van der Waals surface area contributed by atoms with Crippen molar-refractivity contribution in [1.29, 1.82) is 0 Å². The molecule has 1 aromatic rings. The van der Waals surface area contributed by atoms with Gasteiger partial charge >= 0.3 is 0 Å². The molecule has 1 N–H and O–H groups in total. The minimum Gasteiger partial charge on any atom is -0.379 e. The molecule has 0 unspecified atom stereocenters. The average Bonchev–Trinajstić information content (AvgIpc) is 2.35. The number of methoxy groups -OCH3 is 1. The summed E-state index contributed by atoms with van der Waals surface area (Å²) in [6.07, 6.45) is 0.763. The molecular weight excluding hydrogens is 214 g/mol. The van der Waals surface area contributed by atoms with Crippen LogP contribution < -0.4 is 5.32 Å². The highest BCUT2D eigenvalue weighted by molar-refractivity contribution is 5.82. The minimum atomic E-state index is -0.231. The Morgan fingerprint density at radius 1 is 1.35 bits per heavy atom. The predicted molar refractivity (Wildman–Crippen MR) is 68.8 cm³/mol. The number of nitrogens with one attached hydrogen (secondary N) is 1. The van der Waals surface area contributed by atoms with Crippen LogP contribution in [0.1, 0.15) is 25.8 Å². The van der Waals surface area contributed by atoms with Gasteiger partial charge in [0.15, 0.2) is 0 Å². The topological polar surface area (TPSA) is 38.3 Å². The van der Waals surface area contributed by atoms with Gasteiger partial charge in [-0.25, -0.2) is 0 Å². The zero-order valence-electron chi connectivity index (χ0n) is 10.8. The number of carbonyl (C=O) groups excluding carboxylic acids is 1. The molecule has 0 saturated heterocycles. The van der Waals surface area contributed by atoms with Crippen LogP contribution in [0.5, 0.6) is 0 Å². The predicted octanol–water partition coefficient (Wildman–Crippen LogP) is 2.16. The van der Waals surface area contributed by atoms with Gasteiger partial charge in [0.1, 0.15) is 5.78 Å². The Morgan fingerprint density at radius 3 is 2.47 bits per heavy atom. The van der Waals surface area contributed by atoms with Gasteiger partial charge in [-0.05, 0) is 18.9 Å². The molecule has 0 aliphatic rings. The van der Waals surface area contributed by atoms with Crippen LogP contribution in [0.3, 0.4) is 0 Å². The molecule has 0 radical (unpaired) electrons. The Kier molecular flexibility index (Phi) is 5.87. The maximum Gasteiger partial charge on any atom is 0.149 e. The van der Waals surface area contributed by atoms with Gasteiger partial charge in [-0.1, -0.05) is 37.3 Å². The van der Waals surface area contributed by atoms with Crippen LogP contribution in [0.4, 0.5) is 0 Å². The van der Waals surface area contributed by atoms with Gasteiger partial charge in [-0.15, -0.1) is 0 Å². The number of benzene rings is 1. The van der Waals surface area contributed by atoms with Gasteiger partial charge < -0.3 is 10.1 Å². The Hall–Kier alpha value is -1.19. The molecule has 0 aliphatic carbocycles. The van der Waals surface area contributed by atoms with E-state index >= 15 is 0 Å².